The van der Waals surface area contributed by atoms with E-state index in [9.17, 15) is 13.5 Å². The van der Waals surface area contributed by atoms with E-state index in [1.807, 2.05) is 19.1 Å². The van der Waals surface area contributed by atoms with Gasteiger partial charge in [0.25, 0.3) is 10.0 Å². The second-order valence-electron chi connectivity index (χ2n) is 4.39. The van der Waals surface area contributed by atoms with E-state index >= 15 is 0 Å². The highest BCUT2D eigenvalue weighted by Gasteiger charge is 2.23. The minimum Gasteiger partial charge on any atom is -0.391 e. The van der Waals surface area contributed by atoms with Gasteiger partial charge in [0.15, 0.2) is 0 Å². The first-order valence-electron chi connectivity index (χ1n) is 5.82. The Bertz CT molecular complexity index is 738. The average molecular weight is 376 g/mol. The van der Waals surface area contributed by atoms with Gasteiger partial charge in [0.2, 0.25) is 0 Å². The first-order valence-corrected chi connectivity index (χ1v) is 8.97. The molecular weight excluding hydrogens is 362 g/mol. The van der Waals surface area contributed by atoms with E-state index in [0.29, 0.717) is 16.1 Å². The summed E-state index contributed by atoms with van der Waals surface area (Å²) in [6.07, 6.45) is 0. The van der Waals surface area contributed by atoms with E-state index in [-0.39, 0.29) is 11.5 Å². The summed E-state index contributed by atoms with van der Waals surface area (Å²) in [6, 6.07) is 5.39. The summed E-state index contributed by atoms with van der Waals surface area (Å²) in [4.78, 5) is 0.618. The number of aliphatic hydroxyl groups excluding tert-OH is 1. The third kappa shape index (κ3) is 3.06. The summed E-state index contributed by atoms with van der Waals surface area (Å²) in [5, 5.41) is 11.0. The Morgan fingerprint density at radius 2 is 2.00 bits per heavy atom. The van der Waals surface area contributed by atoms with Gasteiger partial charge in [-0.05, 0) is 42.5 Å². The van der Waals surface area contributed by atoms with Crippen molar-refractivity contribution >= 4 is 43.0 Å². The standard InChI is InChI=1S/C13H14BrNO3S2/c1-8-3-4-10(14)5-11(8)15-20(17,18)13-9(2)7-19-12(13)6-16/h3-5,7,15-16H,6H2,1-2H3. The van der Waals surface area contributed by atoms with Gasteiger partial charge in [-0.15, -0.1) is 11.3 Å². The SMILES string of the molecule is Cc1ccc(Br)cc1NS(=O)(=O)c1c(C)csc1CO. The quantitative estimate of drug-likeness (QED) is 0.859. The molecule has 0 radical (unpaired) electrons. The minimum absolute atomic E-state index is 0.171. The van der Waals surface area contributed by atoms with Crippen LogP contribution in [0.3, 0.4) is 0 Å². The molecule has 0 amide bonds. The van der Waals surface area contributed by atoms with Crippen molar-refractivity contribution in [3.8, 4) is 0 Å². The summed E-state index contributed by atoms with van der Waals surface area (Å²) in [7, 11) is -3.70. The third-order valence-corrected chi connectivity index (χ3v) is 6.15. The van der Waals surface area contributed by atoms with Gasteiger partial charge < -0.3 is 5.11 Å². The number of hydrogen-bond acceptors (Lipinski definition) is 4. The van der Waals surface area contributed by atoms with E-state index in [1.54, 1.807) is 18.4 Å². The van der Waals surface area contributed by atoms with Crippen LogP contribution in [0.2, 0.25) is 0 Å². The van der Waals surface area contributed by atoms with Crippen LogP contribution in [0.15, 0.2) is 32.9 Å². The molecule has 0 aliphatic rings. The van der Waals surface area contributed by atoms with Gasteiger partial charge in [-0.1, -0.05) is 22.0 Å². The van der Waals surface area contributed by atoms with Crippen molar-refractivity contribution in [3.05, 3.63) is 44.1 Å². The van der Waals surface area contributed by atoms with Crippen LogP contribution in [0.4, 0.5) is 5.69 Å². The van der Waals surface area contributed by atoms with Crippen LogP contribution in [-0.4, -0.2) is 13.5 Å². The summed E-state index contributed by atoms with van der Waals surface area (Å²) < 4.78 is 28.4. The van der Waals surface area contributed by atoms with Crippen molar-refractivity contribution in [2.24, 2.45) is 0 Å². The molecule has 2 aromatic rings. The summed E-state index contributed by atoms with van der Waals surface area (Å²) in [5.74, 6) is 0. The third-order valence-electron chi connectivity index (χ3n) is 2.85. The van der Waals surface area contributed by atoms with Gasteiger partial charge in [0, 0.05) is 4.47 Å². The Kier molecular flexibility index (Phi) is 4.53. The molecule has 0 saturated heterocycles. The van der Waals surface area contributed by atoms with E-state index in [1.165, 1.54) is 11.3 Å². The van der Waals surface area contributed by atoms with E-state index < -0.39 is 10.0 Å². The highest BCUT2D eigenvalue weighted by Crippen LogP contribution is 2.30. The van der Waals surface area contributed by atoms with Crippen LogP contribution < -0.4 is 4.72 Å². The molecule has 0 unspecified atom stereocenters. The second kappa shape index (κ2) is 5.85. The molecule has 2 rings (SSSR count). The maximum Gasteiger partial charge on any atom is 0.263 e. The largest absolute Gasteiger partial charge is 0.391 e. The molecule has 20 heavy (non-hydrogen) atoms. The zero-order valence-corrected chi connectivity index (χ0v) is 14.2. The topological polar surface area (TPSA) is 66.4 Å². The minimum atomic E-state index is -3.70. The Morgan fingerprint density at radius 3 is 2.65 bits per heavy atom. The van der Waals surface area contributed by atoms with Crippen molar-refractivity contribution in [2.75, 3.05) is 4.72 Å². The van der Waals surface area contributed by atoms with Gasteiger partial charge in [0.1, 0.15) is 4.90 Å². The lowest BCUT2D eigenvalue weighted by Crippen LogP contribution is -2.15. The second-order valence-corrected chi connectivity index (χ2v) is 7.89. The van der Waals surface area contributed by atoms with Crippen molar-refractivity contribution in [1.29, 1.82) is 0 Å². The molecule has 4 nitrogen and oxygen atoms in total. The predicted octanol–water partition coefficient (Wildman–Crippen LogP) is 3.42. The van der Waals surface area contributed by atoms with Gasteiger partial charge in [-0.2, -0.15) is 0 Å². The Balaban J connectivity index is 2.46. The maximum atomic E-state index is 12.5. The summed E-state index contributed by atoms with van der Waals surface area (Å²) in [5.41, 5.74) is 1.99. The fourth-order valence-electron chi connectivity index (χ4n) is 1.86. The lowest BCUT2D eigenvalue weighted by Gasteiger charge is -2.12. The van der Waals surface area contributed by atoms with Crippen LogP contribution in [-0.2, 0) is 16.6 Å². The molecule has 0 saturated carbocycles. The Labute approximate surface area is 130 Å². The van der Waals surface area contributed by atoms with Crippen molar-refractivity contribution < 1.29 is 13.5 Å². The monoisotopic (exact) mass is 375 g/mol. The Morgan fingerprint density at radius 1 is 1.30 bits per heavy atom. The molecule has 1 aromatic carbocycles. The number of sulfonamides is 1. The van der Waals surface area contributed by atoms with Crippen LogP contribution in [0.5, 0.6) is 0 Å². The number of thiophene rings is 1. The fourth-order valence-corrected chi connectivity index (χ4v) is 5.00. The summed E-state index contributed by atoms with van der Waals surface area (Å²) >= 11 is 4.56. The lowest BCUT2D eigenvalue weighted by atomic mass is 10.2. The van der Waals surface area contributed by atoms with Crippen LogP contribution in [0.25, 0.3) is 0 Å². The van der Waals surface area contributed by atoms with Crippen molar-refractivity contribution in [1.82, 2.24) is 0 Å². The molecule has 0 fully saturated rings. The highest BCUT2D eigenvalue weighted by molar-refractivity contribution is 9.10. The summed E-state index contributed by atoms with van der Waals surface area (Å²) in [6.45, 7) is 3.27. The fraction of sp³-hybridized carbons (Fsp3) is 0.231. The smallest absolute Gasteiger partial charge is 0.263 e. The number of benzene rings is 1. The average Bonchev–Trinajstić information content (AvgIpc) is 2.75. The molecule has 0 aliphatic heterocycles. The molecule has 0 spiro atoms. The normalized spacial score (nSPS) is 11.6. The zero-order chi connectivity index (χ0) is 14.9. The first kappa shape index (κ1) is 15.5. The van der Waals surface area contributed by atoms with E-state index in [2.05, 4.69) is 20.7 Å². The predicted molar refractivity (Wildman–Crippen MR) is 84.7 cm³/mol. The van der Waals surface area contributed by atoms with Crippen LogP contribution in [0.1, 0.15) is 16.0 Å². The Hall–Kier alpha value is -0.890. The highest BCUT2D eigenvalue weighted by atomic mass is 79.9. The zero-order valence-electron chi connectivity index (χ0n) is 11.0. The number of halogens is 1. The number of hydrogen-bond donors (Lipinski definition) is 2. The molecule has 7 heteroatoms. The molecule has 108 valence electrons. The molecule has 0 bridgehead atoms. The van der Waals surface area contributed by atoms with Crippen molar-refractivity contribution in [2.45, 2.75) is 25.3 Å². The van der Waals surface area contributed by atoms with Gasteiger partial charge in [-0.3, -0.25) is 4.72 Å². The van der Waals surface area contributed by atoms with Crippen LogP contribution in [0, 0.1) is 13.8 Å². The number of aliphatic hydroxyl groups is 1. The van der Waals surface area contributed by atoms with Gasteiger partial charge in [-0.25, -0.2) is 8.42 Å². The van der Waals surface area contributed by atoms with Crippen LogP contribution >= 0.6 is 27.3 Å². The molecule has 1 aromatic heterocycles. The number of anilines is 1. The number of rotatable bonds is 4. The lowest BCUT2D eigenvalue weighted by molar-refractivity contribution is 0.282. The van der Waals surface area contributed by atoms with E-state index in [0.717, 1.165) is 10.0 Å². The van der Waals surface area contributed by atoms with Gasteiger partial charge in [0.05, 0.1) is 17.2 Å². The number of nitrogens with one attached hydrogen (secondary N) is 1. The van der Waals surface area contributed by atoms with Gasteiger partial charge >= 0.3 is 0 Å². The molecule has 2 N–H and O–H groups in total. The molecule has 0 aliphatic carbocycles. The van der Waals surface area contributed by atoms with Crippen molar-refractivity contribution in [3.63, 3.8) is 0 Å². The molecular formula is C13H14BrNO3S2. The molecule has 0 atom stereocenters. The first-order chi connectivity index (χ1) is 9.35. The van der Waals surface area contributed by atoms with E-state index in [4.69, 9.17) is 0 Å². The maximum absolute atomic E-state index is 12.5. The number of aryl methyl sites for hydroxylation is 2. The molecule has 1 heterocycles.